The van der Waals surface area contributed by atoms with Crippen LogP contribution in [0.2, 0.25) is 0 Å². The largest absolute Gasteiger partial charge is 0.444 e. The van der Waals surface area contributed by atoms with Crippen LogP contribution in [0.5, 0.6) is 0 Å². The number of ether oxygens (including phenoxy) is 1. The van der Waals surface area contributed by atoms with Gasteiger partial charge >= 0.3 is 6.09 Å². The second-order valence-electron chi connectivity index (χ2n) is 6.37. The highest BCUT2D eigenvalue weighted by atomic mass is 32.1. The van der Waals surface area contributed by atoms with E-state index in [2.05, 4.69) is 10.3 Å². The Kier molecular flexibility index (Phi) is 4.91. The number of alkyl carbamates (subject to hydrolysis) is 1. The summed E-state index contributed by atoms with van der Waals surface area (Å²) >= 11 is 1.42. The summed E-state index contributed by atoms with van der Waals surface area (Å²) in [6.45, 7) is 10.7. The summed E-state index contributed by atoms with van der Waals surface area (Å²) in [6.07, 6.45) is 0.0929. The zero-order chi connectivity index (χ0) is 15.6. The number of aromatic nitrogens is 1. The fraction of sp³-hybridized carbons (Fsp3) is 0.643. The molecule has 0 fully saturated rings. The van der Waals surface area contributed by atoms with Gasteiger partial charge in [-0.2, -0.15) is 0 Å². The fourth-order valence-electron chi connectivity index (χ4n) is 1.56. The van der Waals surface area contributed by atoms with E-state index >= 15 is 0 Å². The van der Waals surface area contributed by atoms with Crippen LogP contribution < -0.4 is 5.32 Å². The van der Waals surface area contributed by atoms with Gasteiger partial charge in [-0.3, -0.25) is 4.79 Å². The first-order chi connectivity index (χ1) is 8.98. The number of nitrogens with zero attached hydrogens (tertiary/aromatic N) is 1. The molecule has 0 aliphatic rings. The summed E-state index contributed by atoms with van der Waals surface area (Å²) in [6, 6.07) is 0. The number of rotatable bonds is 4. The molecule has 1 N–H and O–H groups in total. The van der Waals surface area contributed by atoms with E-state index in [-0.39, 0.29) is 5.78 Å². The van der Waals surface area contributed by atoms with Gasteiger partial charge in [-0.15, -0.1) is 11.3 Å². The predicted molar refractivity (Wildman–Crippen MR) is 79.3 cm³/mol. The van der Waals surface area contributed by atoms with Gasteiger partial charge in [0.25, 0.3) is 0 Å². The van der Waals surface area contributed by atoms with Gasteiger partial charge in [-0.1, -0.05) is 0 Å². The Hall–Kier alpha value is -1.43. The number of nitrogens with one attached hydrogen (secondary N) is 1. The molecule has 0 aromatic carbocycles. The zero-order valence-electron chi connectivity index (χ0n) is 12.9. The van der Waals surface area contributed by atoms with Gasteiger partial charge < -0.3 is 10.1 Å². The molecule has 1 rings (SSSR count). The minimum atomic E-state index is -0.525. The van der Waals surface area contributed by atoms with Gasteiger partial charge in [-0.05, 0) is 34.6 Å². The Morgan fingerprint density at radius 3 is 2.35 bits per heavy atom. The van der Waals surface area contributed by atoms with Crippen molar-refractivity contribution < 1.29 is 14.3 Å². The van der Waals surface area contributed by atoms with Crippen LogP contribution in [0.25, 0.3) is 0 Å². The molecule has 0 saturated heterocycles. The van der Waals surface area contributed by atoms with Gasteiger partial charge in [-0.25, -0.2) is 9.78 Å². The second kappa shape index (κ2) is 5.91. The maximum atomic E-state index is 11.8. The molecule has 112 valence electrons. The van der Waals surface area contributed by atoms with E-state index in [1.54, 1.807) is 5.38 Å². The van der Waals surface area contributed by atoms with Crippen LogP contribution in [0.3, 0.4) is 0 Å². The normalized spacial score (nSPS) is 12.1. The molecular weight excluding hydrogens is 276 g/mol. The van der Waals surface area contributed by atoms with Crippen LogP contribution in [0, 0.1) is 0 Å². The topological polar surface area (TPSA) is 68.3 Å². The number of hydrogen-bond acceptors (Lipinski definition) is 5. The highest BCUT2D eigenvalue weighted by molar-refractivity contribution is 7.09. The SMILES string of the molecule is CC(=O)c1csc(CC(C)(C)NC(=O)OC(C)(C)C)n1. The van der Waals surface area contributed by atoms with Crippen molar-refractivity contribution in [2.75, 3.05) is 0 Å². The maximum absolute atomic E-state index is 11.8. The number of ketones is 1. The smallest absolute Gasteiger partial charge is 0.408 e. The Morgan fingerprint density at radius 2 is 1.90 bits per heavy atom. The first kappa shape index (κ1) is 16.6. The lowest BCUT2D eigenvalue weighted by atomic mass is 10.0. The molecule has 1 heterocycles. The summed E-state index contributed by atoms with van der Waals surface area (Å²) in [5.74, 6) is -0.0505. The highest BCUT2D eigenvalue weighted by Crippen LogP contribution is 2.18. The van der Waals surface area contributed by atoms with Gasteiger partial charge in [0.15, 0.2) is 5.78 Å². The Balaban J connectivity index is 2.64. The molecular formula is C14H22N2O3S. The van der Waals surface area contributed by atoms with Crippen LogP contribution >= 0.6 is 11.3 Å². The molecule has 0 aliphatic carbocycles. The molecule has 20 heavy (non-hydrogen) atoms. The minimum Gasteiger partial charge on any atom is -0.444 e. The van der Waals surface area contributed by atoms with E-state index in [9.17, 15) is 9.59 Å². The van der Waals surface area contributed by atoms with Crippen molar-refractivity contribution in [1.29, 1.82) is 0 Å². The zero-order valence-corrected chi connectivity index (χ0v) is 13.7. The fourth-order valence-corrected chi connectivity index (χ4v) is 2.62. The van der Waals surface area contributed by atoms with E-state index in [0.717, 1.165) is 5.01 Å². The molecule has 1 aromatic heterocycles. The average molecular weight is 298 g/mol. The molecule has 0 aliphatic heterocycles. The molecule has 1 amide bonds. The number of carbonyl (C=O) groups is 2. The summed E-state index contributed by atoms with van der Waals surface area (Å²) in [4.78, 5) is 27.2. The van der Waals surface area contributed by atoms with Crippen molar-refractivity contribution in [1.82, 2.24) is 10.3 Å². The number of amides is 1. The third-order valence-corrected chi connectivity index (χ3v) is 3.19. The monoisotopic (exact) mass is 298 g/mol. The molecule has 0 spiro atoms. The molecule has 1 aromatic rings. The number of thiazole rings is 1. The van der Waals surface area contributed by atoms with Crippen molar-refractivity contribution in [3.8, 4) is 0 Å². The average Bonchev–Trinajstić information content (AvgIpc) is 2.60. The Bertz CT molecular complexity index is 501. The molecule has 0 unspecified atom stereocenters. The quantitative estimate of drug-likeness (QED) is 0.867. The molecule has 0 saturated carbocycles. The Morgan fingerprint density at radius 1 is 1.30 bits per heavy atom. The van der Waals surface area contributed by atoms with Crippen LogP contribution in [-0.4, -0.2) is 28.0 Å². The van der Waals surface area contributed by atoms with Crippen molar-refractivity contribution in [2.24, 2.45) is 0 Å². The van der Waals surface area contributed by atoms with Crippen LogP contribution in [-0.2, 0) is 11.2 Å². The summed E-state index contributed by atoms with van der Waals surface area (Å²) in [5, 5.41) is 5.37. The molecule has 6 heteroatoms. The van der Waals surface area contributed by atoms with Gasteiger partial charge in [0, 0.05) is 24.3 Å². The lowest BCUT2D eigenvalue weighted by Gasteiger charge is -2.28. The third kappa shape index (κ3) is 5.69. The lowest BCUT2D eigenvalue weighted by molar-refractivity contribution is 0.0472. The Labute approximate surface area is 123 Å². The summed E-state index contributed by atoms with van der Waals surface area (Å²) in [5.41, 5.74) is -0.546. The standard InChI is InChI=1S/C14H22N2O3S/c1-9(17)10-8-20-11(15-10)7-14(5,6)16-12(18)19-13(2,3)4/h8H,7H2,1-6H3,(H,16,18). The van der Waals surface area contributed by atoms with Crippen molar-refractivity contribution in [3.05, 3.63) is 16.1 Å². The van der Waals surface area contributed by atoms with Crippen molar-refractivity contribution in [3.63, 3.8) is 0 Å². The predicted octanol–water partition coefficient (Wildman–Crippen LogP) is 3.19. The van der Waals surface area contributed by atoms with Crippen molar-refractivity contribution in [2.45, 2.75) is 59.1 Å². The second-order valence-corrected chi connectivity index (χ2v) is 7.31. The first-order valence-corrected chi connectivity index (χ1v) is 7.33. The summed E-state index contributed by atoms with van der Waals surface area (Å²) in [7, 11) is 0. The van der Waals surface area contributed by atoms with E-state index in [0.29, 0.717) is 12.1 Å². The summed E-state index contributed by atoms with van der Waals surface area (Å²) < 4.78 is 5.23. The van der Waals surface area contributed by atoms with E-state index in [1.807, 2.05) is 34.6 Å². The molecule has 0 radical (unpaired) electrons. The molecule has 0 bridgehead atoms. The number of Topliss-reactive ketones (excluding diaryl/α,β-unsaturated/α-hetero) is 1. The van der Waals surface area contributed by atoms with Crippen LogP contribution in [0.4, 0.5) is 4.79 Å². The highest BCUT2D eigenvalue weighted by Gasteiger charge is 2.26. The van der Waals surface area contributed by atoms with Crippen molar-refractivity contribution >= 4 is 23.2 Å². The third-order valence-electron chi connectivity index (χ3n) is 2.34. The van der Waals surface area contributed by atoms with Gasteiger partial charge in [0.2, 0.25) is 0 Å². The molecule has 0 atom stereocenters. The molecule has 5 nitrogen and oxygen atoms in total. The lowest BCUT2D eigenvalue weighted by Crippen LogP contribution is -2.47. The van der Waals surface area contributed by atoms with E-state index in [4.69, 9.17) is 4.74 Å². The van der Waals surface area contributed by atoms with Gasteiger partial charge in [0.05, 0.1) is 5.01 Å². The number of carbonyl (C=O) groups excluding carboxylic acids is 2. The first-order valence-electron chi connectivity index (χ1n) is 6.45. The maximum Gasteiger partial charge on any atom is 0.408 e. The van der Waals surface area contributed by atoms with Crippen LogP contribution in [0.1, 0.15) is 57.0 Å². The van der Waals surface area contributed by atoms with E-state index < -0.39 is 17.2 Å². The van der Waals surface area contributed by atoms with Gasteiger partial charge in [0.1, 0.15) is 11.3 Å². The number of hydrogen-bond donors (Lipinski definition) is 1. The minimum absolute atomic E-state index is 0.0505. The van der Waals surface area contributed by atoms with Crippen LogP contribution in [0.15, 0.2) is 5.38 Å². The van der Waals surface area contributed by atoms with E-state index in [1.165, 1.54) is 18.3 Å².